The topological polar surface area (TPSA) is 21.3 Å². The third-order valence-electron chi connectivity index (χ3n) is 3.08. The first-order valence-corrected chi connectivity index (χ1v) is 6.78. The Hall–Kier alpha value is -0.860. The zero-order chi connectivity index (χ0) is 13.6. The highest BCUT2D eigenvalue weighted by molar-refractivity contribution is 5.29. The van der Waals surface area contributed by atoms with Gasteiger partial charge in [0, 0.05) is 13.2 Å². The van der Waals surface area contributed by atoms with Crippen LogP contribution in [0.2, 0.25) is 0 Å². The molecule has 0 heterocycles. The van der Waals surface area contributed by atoms with Gasteiger partial charge in [-0.05, 0) is 58.2 Å². The lowest BCUT2D eigenvalue weighted by Crippen LogP contribution is -2.23. The second-order valence-corrected chi connectivity index (χ2v) is 5.86. The molecule has 2 nitrogen and oxygen atoms in total. The number of ether oxygens (including phenoxy) is 1. The molecule has 0 amide bonds. The van der Waals surface area contributed by atoms with Crippen LogP contribution in [0.4, 0.5) is 0 Å². The van der Waals surface area contributed by atoms with E-state index in [2.05, 4.69) is 57.3 Å². The summed E-state index contributed by atoms with van der Waals surface area (Å²) in [6, 6.07) is 8.63. The van der Waals surface area contributed by atoms with E-state index < -0.39 is 0 Å². The molecule has 0 aliphatic rings. The van der Waals surface area contributed by atoms with Gasteiger partial charge in [-0.2, -0.15) is 0 Å². The predicted octanol–water partition coefficient (Wildman–Crippen LogP) is 3.50. The minimum Gasteiger partial charge on any atom is -0.376 e. The van der Waals surface area contributed by atoms with Crippen molar-refractivity contribution in [3.8, 4) is 0 Å². The van der Waals surface area contributed by atoms with E-state index in [4.69, 9.17) is 4.74 Å². The van der Waals surface area contributed by atoms with Crippen LogP contribution in [0.3, 0.4) is 0 Å². The molecule has 1 atom stereocenters. The number of hydrogen-bond donors (Lipinski definition) is 1. The summed E-state index contributed by atoms with van der Waals surface area (Å²) in [6.45, 7) is 10.3. The van der Waals surface area contributed by atoms with Crippen LogP contribution >= 0.6 is 0 Å². The largest absolute Gasteiger partial charge is 0.376 e. The van der Waals surface area contributed by atoms with Gasteiger partial charge >= 0.3 is 0 Å². The van der Waals surface area contributed by atoms with E-state index in [0.717, 1.165) is 19.6 Å². The van der Waals surface area contributed by atoms with Crippen molar-refractivity contribution >= 4 is 0 Å². The van der Waals surface area contributed by atoms with Crippen molar-refractivity contribution in [2.45, 2.75) is 45.6 Å². The lowest BCUT2D eigenvalue weighted by Gasteiger charge is -2.23. The fraction of sp³-hybridized carbons (Fsp3) is 0.625. The second-order valence-electron chi connectivity index (χ2n) is 5.86. The molecule has 0 aliphatic heterocycles. The molecule has 1 rings (SSSR count). The molecule has 102 valence electrons. The van der Waals surface area contributed by atoms with Crippen LogP contribution in [-0.2, 0) is 4.74 Å². The highest BCUT2D eigenvalue weighted by atomic mass is 16.5. The standard InChI is InChI=1S/C16H27NO/c1-13-8-6-7-9-15(13)14(12-17-5)10-11-18-16(2,3)4/h6-9,14,17H,10-12H2,1-5H3. The van der Waals surface area contributed by atoms with Crippen LogP contribution < -0.4 is 5.32 Å². The number of hydrogen-bond acceptors (Lipinski definition) is 2. The Kier molecular flexibility index (Phi) is 5.83. The lowest BCUT2D eigenvalue weighted by molar-refractivity contribution is -0.00619. The van der Waals surface area contributed by atoms with Crippen LogP contribution in [0.5, 0.6) is 0 Å². The van der Waals surface area contributed by atoms with E-state index in [1.807, 2.05) is 7.05 Å². The van der Waals surface area contributed by atoms with Crippen LogP contribution in [0.15, 0.2) is 24.3 Å². The maximum atomic E-state index is 5.84. The summed E-state index contributed by atoms with van der Waals surface area (Å²) in [4.78, 5) is 0. The van der Waals surface area contributed by atoms with Crippen molar-refractivity contribution in [2.24, 2.45) is 0 Å². The third-order valence-corrected chi connectivity index (χ3v) is 3.08. The van der Waals surface area contributed by atoms with Gasteiger partial charge in [-0.3, -0.25) is 0 Å². The second kappa shape index (κ2) is 6.91. The number of nitrogens with one attached hydrogen (secondary N) is 1. The molecule has 0 saturated heterocycles. The summed E-state index contributed by atoms with van der Waals surface area (Å²) in [5, 5.41) is 3.29. The lowest BCUT2D eigenvalue weighted by atomic mass is 9.92. The Morgan fingerprint density at radius 1 is 1.22 bits per heavy atom. The number of benzene rings is 1. The van der Waals surface area contributed by atoms with Crippen LogP contribution in [0.1, 0.15) is 44.2 Å². The van der Waals surface area contributed by atoms with Crippen molar-refractivity contribution in [3.63, 3.8) is 0 Å². The van der Waals surface area contributed by atoms with Gasteiger partial charge in [0.15, 0.2) is 0 Å². The van der Waals surface area contributed by atoms with Crippen molar-refractivity contribution in [1.82, 2.24) is 5.32 Å². The minimum atomic E-state index is -0.0457. The molecule has 0 fully saturated rings. The highest BCUT2D eigenvalue weighted by Crippen LogP contribution is 2.23. The zero-order valence-electron chi connectivity index (χ0n) is 12.4. The summed E-state index contributed by atoms with van der Waals surface area (Å²) in [7, 11) is 2.01. The van der Waals surface area contributed by atoms with Gasteiger partial charge in [0.25, 0.3) is 0 Å². The monoisotopic (exact) mass is 249 g/mol. The molecule has 1 unspecified atom stereocenters. The molecule has 1 aromatic rings. The molecular weight excluding hydrogens is 222 g/mol. The molecule has 18 heavy (non-hydrogen) atoms. The molecule has 2 heteroatoms. The average molecular weight is 249 g/mol. The highest BCUT2D eigenvalue weighted by Gasteiger charge is 2.15. The van der Waals surface area contributed by atoms with E-state index >= 15 is 0 Å². The van der Waals surface area contributed by atoms with E-state index in [-0.39, 0.29) is 5.60 Å². The summed E-state index contributed by atoms with van der Waals surface area (Å²) in [6.07, 6.45) is 1.06. The first-order valence-electron chi connectivity index (χ1n) is 6.78. The van der Waals surface area contributed by atoms with Gasteiger partial charge in [-0.1, -0.05) is 24.3 Å². The van der Waals surface area contributed by atoms with Gasteiger partial charge in [-0.15, -0.1) is 0 Å². The van der Waals surface area contributed by atoms with E-state index in [9.17, 15) is 0 Å². The SMILES string of the molecule is CNCC(CCOC(C)(C)C)c1ccccc1C. The summed E-state index contributed by atoms with van der Waals surface area (Å²) >= 11 is 0. The van der Waals surface area contributed by atoms with E-state index in [1.54, 1.807) is 0 Å². The minimum absolute atomic E-state index is 0.0457. The van der Waals surface area contributed by atoms with Gasteiger partial charge < -0.3 is 10.1 Å². The van der Waals surface area contributed by atoms with Gasteiger partial charge in [0.05, 0.1) is 5.60 Å². The predicted molar refractivity (Wildman–Crippen MR) is 78.2 cm³/mol. The Morgan fingerprint density at radius 2 is 1.89 bits per heavy atom. The Bertz CT molecular complexity index is 354. The van der Waals surface area contributed by atoms with Gasteiger partial charge in [0.1, 0.15) is 0 Å². The Morgan fingerprint density at radius 3 is 2.44 bits per heavy atom. The average Bonchev–Trinajstić information content (AvgIpc) is 2.27. The molecule has 0 bridgehead atoms. The molecule has 0 radical (unpaired) electrons. The Labute approximate surface area is 112 Å². The zero-order valence-corrected chi connectivity index (χ0v) is 12.4. The summed E-state index contributed by atoms with van der Waals surface area (Å²) < 4.78 is 5.84. The molecule has 0 saturated carbocycles. The molecule has 1 N–H and O–H groups in total. The van der Waals surface area contributed by atoms with Crippen LogP contribution in [-0.4, -0.2) is 25.8 Å². The fourth-order valence-electron chi connectivity index (χ4n) is 2.17. The quantitative estimate of drug-likeness (QED) is 0.833. The molecular formula is C16H27NO. The first kappa shape index (κ1) is 15.2. The maximum Gasteiger partial charge on any atom is 0.0598 e. The van der Waals surface area contributed by atoms with E-state index in [1.165, 1.54) is 11.1 Å². The Balaban J connectivity index is 2.63. The van der Waals surface area contributed by atoms with Crippen molar-refractivity contribution < 1.29 is 4.74 Å². The van der Waals surface area contributed by atoms with Crippen LogP contribution in [0, 0.1) is 6.92 Å². The van der Waals surface area contributed by atoms with Gasteiger partial charge in [0.2, 0.25) is 0 Å². The maximum absolute atomic E-state index is 5.84. The first-order chi connectivity index (χ1) is 8.44. The number of likely N-dealkylation sites (N-methyl/N-ethyl adjacent to an activating group) is 1. The van der Waals surface area contributed by atoms with E-state index in [0.29, 0.717) is 5.92 Å². The normalized spacial score (nSPS) is 13.6. The molecule has 0 aromatic heterocycles. The fourth-order valence-corrected chi connectivity index (χ4v) is 2.17. The summed E-state index contributed by atoms with van der Waals surface area (Å²) in [5.74, 6) is 0.526. The van der Waals surface area contributed by atoms with Crippen molar-refractivity contribution in [3.05, 3.63) is 35.4 Å². The third kappa shape index (κ3) is 5.19. The van der Waals surface area contributed by atoms with Crippen LogP contribution in [0.25, 0.3) is 0 Å². The molecule has 1 aromatic carbocycles. The number of aryl methyl sites for hydroxylation is 1. The smallest absolute Gasteiger partial charge is 0.0598 e. The van der Waals surface area contributed by atoms with Crippen molar-refractivity contribution in [1.29, 1.82) is 0 Å². The van der Waals surface area contributed by atoms with Crippen molar-refractivity contribution in [2.75, 3.05) is 20.2 Å². The molecule has 0 aliphatic carbocycles. The molecule has 0 spiro atoms. The van der Waals surface area contributed by atoms with Gasteiger partial charge in [-0.25, -0.2) is 0 Å². The summed E-state index contributed by atoms with van der Waals surface area (Å²) in [5.41, 5.74) is 2.76. The number of rotatable bonds is 6.